The van der Waals surface area contributed by atoms with Crippen LogP contribution in [-0.4, -0.2) is 37.2 Å². The molecule has 142 valence electrons. The second kappa shape index (κ2) is 8.13. The molecule has 1 aliphatic heterocycles. The highest BCUT2D eigenvalue weighted by atomic mass is 16.5. The van der Waals surface area contributed by atoms with E-state index in [1.807, 2.05) is 36.2 Å². The smallest absolute Gasteiger partial charge is 0.254 e. The Morgan fingerprint density at radius 3 is 2.70 bits per heavy atom. The molecule has 0 aromatic heterocycles. The number of nitrogens with zero attached hydrogens (tertiary/aromatic N) is 1. The van der Waals surface area contributed by atoms with Crippen molar-refractivity contribution >= 4 is 5.91 Å². The first-order chi connectivity index (χ1) is 13.2. The highest BCUT2D eigenvalue weighted by Crippen LogP contribution is 2.34. The fraction of sp³-hybridized carbons (Fsp3) is 0.435. The van der Waals surface area contributed by atoms with Gasteiger partial charge in [0.2, 0.25) is 0 Å². The number of carbonyl (C=O) groups is 1. The maximum atomic E-state index is 13.0. The van der Waals surface area contributed by atoms with Gasteiger partial charge in [0.1, 0.15) is 12.4 Å². The standard InChI is InChI=1S/C23H27NO3/c1-24(22-10-4-7-17-6-2-3-9-21(17)22)23(25)18-11-13-19(14-12-18)27-16-20-8-5-15-26-20/h2-3,6,9,11-14,20,22H,4-5,7-8,10,15-16H2,1H3. The third kappa shape index (κ3) is 4.01. The molecule has 1 fully saturated rings. The molecule has 0 spiro atoms. The average molecular weight is 365 g/mol. The number of hydrogen-bond acceptors (Lipinski definition) is 3. The molecule has 2 aliphatic rings. The van der Waals surface area contributed by atoms with Crippen LogP contribution < -0.4 is 4.74 Å². The minimum absolute atomic E-state index is 0.0578. The largest absolute Gasteiger partial charge is 0.491 e. The van der Waals surface area contributed by atoms with Gasteiger partial charge in [0.05, 0.1) is 12.1 Å². The summed E-state index contributed by atoms with van der Waals surface area (Å²) in [6.45, 7) is 1.41. The summed E-state index contributed by atoms with van der Waals surface area (Å²) >= 11 is 0. The maximum Gasteiger partial charge on any atom is 0.254 e. The van der Waals surface area contributed by atoms with Crippen molar-refractivity contribution in [3.8, 4) is 5.75 Å². The lowest BCUT2D eigenvalue weighted by Gasteiger charge is -2.33. The van der Waals surface area contributed by atoms with Gasteiger partial charge < -0.3 is 14.4 Å². The number of rotatable bonds is 5. The van der Waals surface area contributed by atoms with Crippen LogP contribution in [0.1, 0.15) is 53.2 Å². The first-order valence-electron chi connectivity index (χ1n) is 9.92. The molecule has 0 N–H and O–H groups in total. The second-order valence-corrected chi connectivity index (χ2v) is 7.49. The Balaban J connectivity index is 1.41. The van der Waals surface area contributed by atoms with Crippen molar-refractivity contribution in [2.75, 3.05) is 20.3 Å². The summed E-state index contributed by atoms with van der Waals surface area (Å²) in [6.07, 6.45) is 5.61. The minimum Gasteiger partial charge on any atom is -0.491 e. The first kappa shape index (κ1) is 18.1. The van der Waals surface area contributed by atoms with Gasteiger partial charge in [0, 0.05) is 19.2 Å². The molecule has 27 heavy (non-hydrogen) atoms. The molecule has 1 aliphatic carbocycles. The zero-order valence-electron chi connectivity index (χ0n) is 15.9. The number of fused-ring (bicyclic) bond motifs is 1. The first-order valence-corrected chi connectivity index (χ1v) is 9.92. The molecule has 0 saturated carbocycles. The Bertz CT molecular complexity index is 780. The fourth-order valence-corrected chi connectivity index (χ4v) is 4.13. The number of hydrogen-bond donors (Lipinski definition) is 0. The van der Waals surface area contributed by atoms with E-state index in [9.17, 15) is 4.79 Å². The number of benzene rings is 2. The summed E-state index contributed by atoms with van der Waals surface area (Å²) in [6, 6.07) is 16.1. The summed E-state index contributed by atoms with van der Waals surface area (Å²) in [5.41, 5.74) is 3.35. The third-order valence-corrected chi connectivity index (χ3v) is 5.69. The third-order valence-electron chi connectivity index (χ3n) is 5.69. The minimum atomic E-state index is 0.0578. The molecule has 0 radical (unpaired) electrons. The lowest BCUT2D eigenvalue weighted by Crippen LogP contribution is -2.33. The lowest BCUT2D eigenvalue weighted by molar-refractivity contribution is 0.0677. The molecular formula is C23H27NO3. The monoisotopic (exact) mass is 365 g/mol. The van der Waals surface area contributed by atoms with Gasteiger partial charge >= 0.3 is 0 Å². The van der Waals surface area contributed by atoms with Gasteiger partial charge in [-0.05, 0) is 67.5 Å². The van der Waals surface area contributed by atoms with Crippen LogP contribution in [0.3, 0.4) is 0 Å². The van der Waals surface area contributed by atoms with Crippen LogP contribution in [-0.2, 0) is 11.2 Å². The van der Waals surface area contributed by atoms with Crippen LogP contribution in [0, 0.1) is 0 Å². The molecule has 1 amide bonds. The van der Waals surface area contributed by atoms with Gasteiger partial charge in [0.15, 0.2) is 0 Å². The summed E-state index contributed by atoms with van der Waals surface area (Å²) in [7, 11) is 1.91. The van der Waals surface area contributed by atoms with Crippen molar-refractivity contribution in [3.05, 3.63) is 65.2 Å². The van der Waals surface area contributed by atoms with Gasteiger partial charge in [-0.1, -0.05) is 24.3 Å². The van der Waals surface area contributed by atoms with Crippen molar-refractivity contribution in [1.82, 2.24) is 4.90 Å². The normalized spacial score (nSPS) is 21.5. The predicted octanol–water partition coefficient (Wildman–Crippen LogP) is 4.39. The highest BCUT2D eigenvalue weighted by Gasteiger charge is 2.27. The van der Waals surface area contributed by atoms with E-state index >= 15 is 0 Å². The molecule has 2 aromatic carbocycles. The lowest BCUT2D eigenvalue weighted by atomic mass is 9.87. The molecule has 2 aromatic rings. The van der Waals surface area contributed by atoms with E-state index in [4.69, 9.17) is 9.47 Å². The molecule has 4 heteroatoms. The Morgan fingerprint density at radius 2 is 1.93 bits per heavy atom. The Labute approximate surface area is 161 Å². The highest BCUT2D eigenvalue weighted by molar-refractivity contribution is 5.94. The quantitative estimate of drug-likeness (QED) is 0.789. The Hall–Kier alpha value is -2.33. The van der Waals surface area contributed by atoms with Gasteiger partial charge in [-0.15, -0.1) is 0 Å². The fourth-order valence-electron chi connectivity index (χ4n) is 4.13. The van der Waals surface area contributed by atoms with E-state index in [1.165, 1.54) is 11.1 Å². The van der Waals surface area contributed by atoms with Crippen molar-refractivity contribution in [1.29, 1.82) is 0 Å². The predicted molar refractivity (Wildman–Crippen MR) is 105 cm³/mol. The molecule has 2 atom stereocenters. The van der Waals surface area contributed by atoms with E-state index in [0.29, 0.717) is 12.2 Å². The molecule has 4 nitrogen and oxygen atoms in total. The molecule has 1 saturated heterocycles. The van der Waals surface area contributed by atoms with Crippen LogP contribution >= 0.6 is 0 Å². The Morgan fingerprint density at radius 1 is 1.11 bits per heavy atom. The summed E-state index contributed by atoms with van der Waals surface area (Å²) < 4.78 is 11.4. The van der Waals surface area contributed by atoms with E-state index in [2.05, 4.69) is 24.3 Å². The van der Waals surface area contributed by atoms with Crippen LogP contribution in [0.15, 0.2) is 48.5 Å². The van der Waals surface area contributed by atoms with Crippen molar-refractivity contribution in [2.24, 2.45) is 0 Å². The van der Waals surface area contributed by atoms with Crippen LogP contribution in [0.25, 0.3) is 0 Å². The number of carbonyl (C=O) groups excluding carboxylic acids is 1. The zero-order valence-corrected chi connectivity index (χ0v) is 15.9. The van der Waals surface area contributed by atoms with E-state index in [-0.39, 0.29) is 18.1 Å². The van der Waals surface area contributed by atoms with Crippen LogP contribution in [0.5, 0.6) is 5.75 Å². The van der Waals surface area contributed by atoms with E-state index < -0.39 is 0 Å². The molecule has 1 heterocycles. The topological polar surface area (TPSA) is 38.8 Å². The summed E-state index contributed by atoms with van der Waals surface area (Å²) in [4.78, 5) is 14.9. The second-order valence-electron chi connectivity index (χ2n) is 7.49. The molecular weight excluding hydrogens is 338 g/mol. The van der Waals surface area contributed by atoms with Gasteiger partial charge in [-0.2, -0.15) is 0 Å². The number of aryl methyl sites for hydroxylation is 1. The SMILES string of the molecule is CN(C(=O)c1ccc(OCC2CCCO2)cc1)C1CCCc2ccccc21. The average Bonchev–Trinajstić information content (AvgIpc) is 3.25. The van der Waals surface area contributed by atoms with Gasteiger partial charge in [-0.25, -0.2) is 0 Å². The summed E-state index contributed by atoms with van der Waals surface area (Å²) in [5.74, 6) is 0.843. The molecule has 0 bridgehead atoms. The Kier molecular flexibility index (Phi) is 5.44. The van der Waals surface area contributed by atoms with Gasteiger partial charge in [0.25, 0.3) is 5.91 Å². The number of ether oxygens (including phenoxy) is 2. The molecule has 2 unspecified atom stereocenters. The van der Waals surface area contributed by atoms with Crippen molar-refractivity contribution in [2.45, 2.75) is 44.2 Å². The van der Waals surface area contributed by atoms with Crippen molar-refractivity contribution in [3.63, 3.8) is 0 Å². The van der Waals surface area contributed by atoms with Crippen LogP contribution in [0.2, 0.25) is 0 Å². The van der Waals surface area contributed by atoms with Gasteiger partial charge in [-0.3, -0.25) is 4.79 Å². The van der Waals surface area contributed by atoms with Crippen LogP contribution in [0.4, 0.5) is 0 Å². The maximum absolute atomic E-state index is 13.0. The number of amides is 1. The van der Waals surface area contributed by atoms with Crippen molar-refractivity contribution < 1.29 is 14.3 Å². The van der Waals surface area contributed by atoms with E-state index in [0.717, 1.165) is 44.5 Å². The molecule has 4 rings (SSSR count). The zero-order chi connectivity index (χ0) is 18.6. The summed E-state index contributed by atoms with van der Waals surface area (Å²) in [5, 5.41) is 0. The van der Waals surface area contributed by atoms with E-state index in [1.54, 1.807) is 0 Å².